The molecule has 2 rings (SSSR count). The van der Waals surface area contributed by atoms with Crippen LogP contribution in [-0.2, 0) is 9.84 Å². The zero-order chi connectivity index (χ0) is 6.32. The second kappa shape index (κ2) is 1.68. The number of fused-ring (bicyclic) bond motifs is 2. The average molecular weight is 128 g/mol. The fourth-order valence-electron chi connectivity index (χ4n) is 1.53. The third-order valence-electron chi connectivity index (χ3n) is 2.02. The lowest BCUT2D eigenvalue weighted by atomic mass is 10.2. The lowest BCUT2D eigenvalue weighted by Gasteiger charge is -2.26. The van der Waals surface area contributed by atoms with Crippen molar-refractivity contribution in [2.24, 2.45) is 0 Å². The van der Waals surface area contributed by atoms with Gasteiger partial charge in [0.25, 0.3) is 0 Å². The Morgan fingerprint density at radius 3 is 3.22 bits per heavy atom. The fourth-order valence-corrected chi connectivity index (χ4v) is 1.53. The summed E-state index contributed by atoms with van der Waals surface area (Å²) in [4.78, 5) is 0. The second-order valence-electron chi connectivity index (χ2n) is 2.89. The largest absolute Gasteiger partial charge is 0.375 e. The van der Waals surface area contributed by atoms with Crippen LogP contribution in [0.15, 0.2) is 0 Å². The van der Waals surface area contributed by atoms with Crippen molar-refractivity contribution in [2.45, 2.75) is 24.6 Å². The van der Waals surface area contributed by atoms with Crippen LogP contribution in [0.25, 0.3) is 0 Å². The predicted octanol–water partition coefficient (Wildman–Crippen LogP) is -0.105. The Labute approximate surface area is 54.0 Å². The van der Waals surface area contributed by atoms with Crippen molar-refractivity contribution < 1.29 is 9.84 Å². The van der Waals surface area contributed by atoms with Crippen molar-refractivity contribution in [3.63, 3.8) is 0 Å². The van der Waals surface area contributed by atoms with E-state index >= 15 is 0 Å². The van der Waals surface area contributed by atoms with E-state index < -0.39 is 5.72 Å². The van der Waals surface area contributed by atoms with Crippen molar-refractivity contribution in [2.75, 3.05) is 13.2 Å². The SMILES string of the molecule is [O]C12CCC(COC1)N2. The van der Waals surface area contributed by atoms with Gasteiger partial charge in [0.2, 0.25) is 0 Å². The monoisotopic (exact) mass is 128 g/mol. The summed E-state index contributed by atoms with van der Waals surface area (Å²) in [6.07, 6.45) is 1.72. The maximum Gasteiger partial charge on any atom is 0.178 e. The topological polar surface area (TPSA) is 41.2 Å². The van der Waals surface area contributed by atoms with Crippen LogP contribution in [0.4, 0.5) is 0 Å². The summed E-state index contributed by atoms with van der Waals surface area (Å²) in [5.74, 6) is 0. The molecule has 51 valence electrons. The molecule has 2 bridgehead atoms. The smallest absolute Gasteiger partial charge is 0.178 e. The first-order valence-corrected chi connectivity index (χ1v) is 3.34. The van der Waals surface area contributed by atoms with Crippen molar-refractivity contribution >= 4 is 0 Å². The van der Waals surface area contributed by atoms with Gasteiger partial charge in [-0.05, 0) is 12.8 Å². The number of morpholine rings is 1. The molecule has 2 heterocycles. The van der Waals surface area contributed by atoms with Gasteiger partial charge in [-0.25, -0.2) is 5.11 Å². The van der Waals surface area contributed by atoms with E-state index in [1.807, 2.05) is 0 Å². The summed E-state index contributed by atoms with van der Waals surface area (Å²) < 4.78 is 5.08. The molecule has 2 unspecified atom stereocenters. The lowest BCUT2D eigenvalue weighted by Crippen LogP contribution is -2.51. The molecule has 0 aromatic rings. The number of rotatable bonds is 0. The first-order chi connectivity index (χ1) is 4.29. The molecule has 0 spiro atoms. The minimum absolute atomic E-state index is 0.344. The van der Waals surface area contributed by atoms with Crippen molar-refractivity contribution in [3.8, 4) is 0 Å². The van der Waals surface area contributed by atoms with Gasteiger partial charge in [0.15, 0.2) is 5.72 Å². The van der Waals surface area contributed by atoms with Crippen LogP contribution in [-0.4, -0.2) is 25.0 Å². The molecular weight excluding hydrogens is 118 g/mol. The van der Waals surface area contributed by atoms with Crippen molar-refractivity contribution in [1.82, 2.24) is 5.32 Å². The van der Waals surface area contributed by atoms with Crippen LogP contribution < -0.4 is 5.32 Å². The Bertz CT molecular complexity index is 124. The van der Waals surface area contributed by atoms with E-state index in [0.29, 0.717) is 12.6 Å². The zero-order valence-corrected chi connectivity index (χ0v) is 5.22. The molecule has 0 aromatic carbocycles. The molecule has 0 aliphatic carbocycles. The predicted molar refractivity (Wildman–Crippen MR) is 30.4 cm³/mol. The van der Waals surface area contributed by atoms with Gasteiger partial charge >= 0.3 is 0 Å². The van der Waals surface area contributed by atoms with E-state index in [1.54, 1.807) is 0 Å². The molecule has 3 heteroatoms. The minimum Gasteiger partial charge on any atom is -0.375 e. The van der Waals surface area contributed by atoms with Crippen molar-refractivity contribution in [1.29, 1.82) is 0 Å². The van der Waals surface area contributed by atoms with Crippen molar-refractivity contribution in [3.05, 3.63) is 0 Å². The molecule has 9 heavy (non-hydrogen) atoms. The Morgan fingerprint density at radius 2 is 2.56 bits per heavy atom. The van der Waals surface area contributed by atoms with Gasteiger partial charge in [-0.1, -0.05) is 0 Å². The standard InChI is InChI=1S/C6H10NO2/c8-6-2-1-5(7-6)3-9-4-6/h5,7H,1-4H2. The van der Waals surface area contributed by atoms with E-state index in [-0.39, 0.29) is 0 Å². The van der Waals surface area contributed by atoms with Gasteiger partial charge < -0.3 is 4.74 Å². The average Bonchev–Trinajstić information content (AvgIpc) is 2.07. The molecule has 1 N–H and O–H groups in total. The summed E-state index contributed by atoms with van der Waals surface area (Å²) in [6, 6.07) is 0.344. The quantitative estimate of drug-likeness (QED) is 0.494. The normalized spacial score (nSPS) is 49.7. The van der Waals surface area contributed by atoms with Crippen LogP contribution in [0.2, 0.25) is 0 Å². The highest BCUT2D eigenvalue weighted by atomic mass is 16.5. The summed E-state index contributed by atoms with van der Waals surface area (Å²) >= 11 is 0. The molecule has 0 amide bonds. The summed E-state index contributed by atoms with van der Waals surface area (Å²) in [6.45, 7) is 1.08. The molecular formula is C6H10NO2. The highest BCUT2D eigenvalue weighted by Gasteiger charge is 2.42. The van der Waals surface area contributed by atoms with E-state index in [4.69, 9.17) is 4.74 Å². The molecule has 3 nitrogen and oxygen atoms in total. The first kappa shape index (κ1) is 5.65. The Kier molecular flexibility index (Phi) is 1.06. The maximum absolute atomic E-state index is 11.3. The number of ether oxygens (including phenoxy) is 1. The van der Waals surface area contributed by atoms with Gasteiger partial charge in [0, 0.05) is 6.04 Å². The third-order valence-corrected chi connectivity index (χ3v) is 2.02. The number of hydrogen-bond acceptors (Lipinski definition) is 2. The van der Waals surface area contributed by atoms with Crippen LogP contribution >= 0.6 is 0 Å². The Hall–Kier alpha value is -0.120. The highest BCUT2D eigenvalue weighted by Crippen LogP contribution is 2.25. The highest BCUT2D eigenvalue weighted by molar-refractivity contribution is 4.92. The van der Waals surface area contributed by atoms with Gasteiger partial charge in [-0.2, -0.15) is 0 Å². The Morgan fingerprint density at radius 1 is 1.67 bits per heavy atom. The molecule has 0 saturated carbocycles. The van der Waals surface area contributed by atoms with Gasteiger partial charge in [-0.15, -0.1) is 0 Å². The van der Waals surface area contributed by atoms with Crippen LogP contribution in [0.3, 0.4) is 0 Å². The molecule has 2 saturated heterocycles. The second-order valence-corrected chi connectivity index (χ2v) is 2.89. The number of nitrogens with one attached hydrogen (secondary N) is 1. The van der Waals surface area contributed by atoms with Gasteiger partial charge in [0.05, 0.1) is 13.2 Å². The van der Waals surface area contributed by atoms with Crippen LogP contribution in [0.1, 0.15) is 12.8 Å². The maximum atomic E-state index is 11.3. The Balaban J connectivity index is 2.13. The third kappa shape index (κ3) is 0.852. The summed E-state index contributed by atoms with van der Waals surface area (Å²) in [5, 5.41) is 14.3. The van der Waals surface area contributed by atoms with Crippen LogP contribution in [0.5, 0.6) is 0 Å². The first-order valence-electron chi connectivity index (χ1n) is 3.34. The van der Waals surface area contributed by atoms with Gasteiger partial charge in [0.1, 0.15) is 0 Å². The van der Waals surface area contributed by atoms with Gasteiger partial charge in [-0.3, -0.25) is 5.32 Å². The zero-order valence-electron chi connectivity index (χ0n) is 5.22. The van der Waals surface area contributed by atoms with E-state index in [1.165, 1.54) is 0 Å². The minimum atomic E-state index is -0.928. The van der Waals surface area contributed by atoms with Crippen LogP contribution in [0, 0.1) is 0 Å². The lowest BCUT2D eigenvalue weighted by molar-refractivity contribution is -0.128. The molecule has 2 aliphatic rings. The van der Waals surface area contributed by atoms with E-state index in [2.05, 4.69) is 5.32 Å². The fraction of sp³-hybridized carbons (Fsp3) is 1.00. The molecule has 2 fully saturated rings. The van der Waals surface area contributed by atoms with E-state index in [9.17, 15) is 5.11 Å². The molecule has 1 radical (unpaired) electrons. The molecule has 2 atom stereocenters. The van der Waals surface area contributed by atoms with E-state index in [0.717, 1.165) is 19.4 Å². The molecule has 2 aliphatic heterocycles. The molecule has 0 aromatic heterocycles. The summed E-state index contributed by atoms with van der Waals surface area (Å²) in [7, 11) is 0. The number of hydrogen-bond donors (Lipinski definition) is 1. The summed E-state index contributed by atoms with van der Waals surface area (Å²) in [5.41, 5.74) is -0.928.